The van der Waals surface area contributed by atoms with Gasteiger partial charge in [0.1, 0.15) is 10.6 Å². The summed E-state index contributed by atoms with van der Waals surface area (Å²) in [6.45, 7) is 4.91. The minimum absolute atomic E-state index is 0.293. The van der Waals surface area contributed by atoms with Crippen LogP contribution in [-0.4, -0.2) is 49.7 Å². The molecule has 1 saturated heterocycles. The highest BCUT2D eigenvalue weighted by Crippen LogP contribution is 2.46. The molecule has 0 unspecified atom stereocenters. The molecule has 0 bridgehead atoms. The summed E-state index contributed by atoms with van der Waals surface area (Å²) in [4.78, 5) is 0.293. The Kier molecular flexibility index (Phi) is 4.52. The molecule has 2 aromatic rings. The minimum atomic E-state index is -3.58. The fraction of sp³-hybridized carbons (Fsp3) is 0.526. The van der Waals surface area contributed by atoms with Gasteiger partial charge in [0, 0.05) is 18.7 Å². The Morgan fingerprint density at radius 1 is 1.26 bits per heavy atom. The normalized spacial score (nSPS) is 19.8. The molecular weight excluding hydrogens is 366 g/mol. The van der Waals surface area contributed by atoms with Crippen LogP contribution in [0.3, 0.4) is 0 Å². The summed E-state index contributed by atoms with van der Waals surface area (Å²) in [6.07, 6.45) is 2.06. The van der Waals surface area contributed by atoms with Gasteiger partial charge >= 0.3 is 0 Å². The van der Waals surface area contributed by atoms with Crippen LogP contribution in [0.1, 0.15) is 35.4 Å². The highest BCUT2D eigenvalue weighted by atomic mass is 32.2. The van der Waals surface area contributed by atoms with Crippen molar-refractivity contribution in [2.24, 2.45) is 0 Å². The summed E-state index contributed by atoms with van der Waals surface area (Å²) in [5.41, 5.74) is 2.93. The van der Waals surface area contributed by atoms with Gasteiger partial charge in [0.15, 0.2) is 0 Å². The van der Waals surface area contributed by atoms with Gasteiger partial charge in [-0.25, -0.2) is 8.42 Å². The Hall–Kier alpha value is -1.90. The molecule has 0 amide bonds. The maximum absolute atomic E-state index is 13.1. The third-order valence-corrected chi connectivity index (χ3v) is 7.89. The molecule has 8 heteroatoms. The maximum Gasteiger partial charge on any atom is 0.246 e. The average Bonchev–Trinajstić information content (AvgIpc) is 3.01. The van der Waals surface area contributed by atoms with E-state index in [2.05, 4.69) is 16.3 Å². The number of methoxy groups -OCH3 is 1. The molecule has 1 N–H and O–H groups in total. The molecule has 146 valence electrons. The molecule has 27 heavy (non-hydrogen) atoms. The molecule has 1 aromatic heterocycles. The summed E-state index contributed by atoms with van der Waals surface area (Å²) in [6, 6.07) is 6.07. The second-order valence-electron chi connectivity index (χ2n) is 7.25. The Labute approximate surface area is 159 Å². The number of ether oxygens (including phenoxy) is 2. The number of aryl methyl sites for hydroxylation is 2. The van der Waals surface area contributed by atoms with Crippen molar-refractivity contribution in [3.05, 3.63) is 40.7 Å². The number of fused-ring (bicyclic) bond motifs is 2. The lowest BCUT2D eigenvalue weighted by atomic mass is 9.79. The predicted molar refractivity (Wildman–Crippen MR) is 100 cm³/mol. The number of piperidine rings is 1. The lowest BCUT2D eigenvalue weighted by molar-refractivity contribution is -0.0904. The van der Waals surface area contributed by atoms with E-state index in [0.29, 0.717) is 48.8 Å². The summed E-state index contributed by atoms with van der Waals surface area (Å²) in [5, 5.41) is 6.81. The van der Waals surface area contributed by atoms with Crippen molar-refractivity contribution in [3.63, 3.8) is 0 Å². The largest absolute Gasteiger partial charge is 0.496 e. The lowest BCUT2D eigenvalue weighted by Gasteiger charge is -2.45. The SMILES string of the molecule is COc1cccc2c1C1(CCN(S(=O)(=O)c3c(C)n[nH]c3C)CC1)OCC2. The number of nitrogens with one attached hydrogen (secondary N) is 1. The van der Waals surface area contributed by atoms with Crippen molar-refractivity contribution in [3.8, 4) is 5.75 Å². The van der Waals surface area contributed by atoms with E-state index in [9.17, 15) is 8.42 Å². The van der Waals surface area contributed by atoms with Crippen LogP contribution in [0.4, 0.5) is 0 Å². The first-order valence-electron chi connectivity index (χ1n) is 9.21. The molecule has 0 aliphatic carbocycles. The minimum Gasteiger partial charge on any atom is -0.496 e. The van der Waals surface area contributed by atoms with E-state index in [1.54, 1.807) is 25.3 Å². The van der Waals surface area contributed by atoms with Crippen LogP contribution >= 0.6 is 0 Å². The van der Waals surface area contributed by atoms with Crippen molar-refractivity contribution in [1.82, 2.24) is 14.5 Å². The second kappa shape index (κ2) is 6.61. The van der Waals surface area contributed by atoms with Gasteiger partial charge in [0.25, 0.3) is 0 Å². The molecule has 3 heterocycles. The fourth-order valence-electron chi connectivity index (χ4n) is 4.43. The number of benzene rings is 1. The molecule has 0 radical (unpaired) electrons. The fourth-order valence-corrected chi connectivity index (χ4v) is 6.21. The molecule has 0 atom stereocenters. The quantitative estimate of drug-likeness (QED) is 0.868. The zero-order valence-electron chi connectivity index (χ0n) is 15.9. The van der Waals surface area contributed by atoms with Crippen LogP contribution in [0.2, 0.25) is 0 Å². The van der Waals surface area contributed by atoms with Crippen molar-refractivity contribution < 1.29 is 17.9 Å². The topological polar surface area (TPSA) is 84.5 Å². The van der Waals surface area contributed by atoms with Gasteiger partial charge in [-0.2, -0.15) is 9.40 Å². The molecule has 7 nitrogen and oxygen atoms in total. The van der Waals surface area contributed by atoms with Crippen molar-refractivity contribution >= 4 is 10.0 Å². The van der Waals surface area contributed by atoms with Crippen LogP contribution in [-0.2, 0) is 26.8 Å². The number of hydrogen-bond acceptors (Lipinski definition) is 5. The van der Waals surface area contributed by atoms with Crippen molar-refractivity contribution in [1.29, 1.82) is 0 Å². The van der Waals surface area contributed by atoms with Crippen LogP contribution in [0.15, 0.2) is 23.1 Å². The first-order chi connectivity index (χ1) is 12.9. The highest BCUT2D eigenvalue weighted by Gasteiger charge is 2.45. The first-order valence-corrected chi connectivity index (χ1v) is 10.6. The lowest BCUT2D eigenvalue weighted by Crippen LogP contribution is -2.48. The zero-order chi connectivity index (χ0) is 19.2. The second-order valence-corrected chi connectivity index (χ2v) is 9.13. The van der Waals surface area contributed by atoms with E-state index in [4.69, 9.17) is 9.47 Å². The van der Waals surface area contributed by atoms with E-state index in [1.165, 1.54) is 5.56 Å². The molecule has 0 saturated carbocycles. The van der Waals surface area contributed by atoms with Gasteiger partial charge in [-0.05, 0) is 44.7 Å². The molecule has 1 spiro atoms. The zero-order valence-corrected chi connectivity index (χ0v) is 16.7. The van der Waals surface area contributed by atoms with Gasteiger partial charge in [-0.1, -0.05) is 12.1 Å². The Morgan fingerprint density at radius 2 is 2.00 bits per heavy atom. The van der Waals surface area contributed by atoms with E-state index in [1.807, 2.05) is 12.1 Å². The number of nitrogens with zero attached hydrogens (tertiary/aromatic N) is 2. The summed E-state index contributed by atoms with van der Waals surface area (Å²) in [5.74, 6) is 0.824. The number of hydrogen-bond donors (Lipinski definition) is 1. The smallest absolute Gasteiger partial charge is 0.246 e. The Balaban J connectivity index is 1.64. The molecule has 1 fully saturated rings. The van der Waals surface area contributed by atoms with Crippen molar-refractivity contribution in [2.45, 2.75) is 43.6 Å². The maximum atomic E-state index is 13.1. The number of sulfonamides is 1. The molecule has 4 rings (SSSR count). The van der Waals surface area contributed by atoms with E-state index in [-0.39, 0.29) is 0 Å². The van der Waals surface area contributed by atoms with E-state index in [0.717, 1.165) is 17.7 Å². The van der Waals surface area contributed by atoms with Gasteiger partial charge in [0.2, 0.25) is 10.0 Å². The first kappa shape index (κ1) is 18.5. The predicted octanol–water partition coefficient (Wildman–Crippen LogP) is 2.29. The summed E-state index contributed by atoms with van der Waals surface area (Å²) in [7, 11) is -1.91. The highest BCUT2D eigenvalue weighted by molar-refractivity contribution is 7.89. The Bertz CT molecular complexity index is 926. The Morgan fingerprint density at radius 3 is 2.63 bits per heavy atom. The average molecular weight is 391 g/mol. The summed E-state index contributed by atoms with van der Waals surface area (Å²) < 4.78 is 39.7. The summed E-state index contributed by atoms with van der Waals surface area (Å²) >= 11 is 0. The monoisotopic (exact) mass is 391 g/mol. The third kappa shape index (κ3) is 2.86. The number of aromatic amines is 1. The van der Waals surface area contributed by atoms with E-state index < -0.39 is 15.6 Å². The van der Waals surface area contributed by atoms with Gasteiger partial charge in [-0.3, -0.25) is 5.10 Å². The third-order valence-electron chi connectivity index (χ3n) is 5.73. The van der Waals surface area contributed by atoms with Gasteiger partial charge in [0.05, 0.1) is 30.7 Å². The number of rotatable bonds is 3. The van der Waals surface area contributed by atoms with Crippen LogP contribution in [0, 0.1) is 13.8 Å². The number of H-pyrrole nitrogens is 1. The molecule has 2 aliphatic heterocycles. The standard InChI is InChI=1S/C19H25N3O4S/c1-13-18(14(2)21-20-13)27(23,24)22-10-8-19(9-11-22)17-15(7-12-26-19)5-4-6-16(17)25-3/h4-6H,7-12H2,1-3H3,(H,20,21). The van der Waals surface area contributed by atoms with Gasteiger partial charge < -0.3 is 9.47 Å². The molecule has 2 aliphatic rings. The van der Waals surface area contributed by atoms with Crippen LogP contribution in [0.25, 0.3) is 0 Å². The van der Waals surface area contributed by atoms with Crippen molar-refractivity contribution in [2.75, 3.05) is 26.8 Å². The molecular formula is C19H25N3O4S. The number of aromatic nitrogens is 2. The van der Waals surface area contributed by atoms with Crippen LogP contribution in [0.5, 0.6) is 5.75 Å². The van der Waals surface area contributed by atoms with Gasteiger partial charge in [-0.15, -0.1) is 0 Å². The van der Waals surface area contributed by atoms with Crippen LogP contribution < -0.4 is 4.74 Å². The molecule has 1 aromatic carbocycles. The van der Waals surface area contributed by atoms with E-state index >= 15 is 0 Å².